The van der Waals surface area contributed by atoms with Crippen LogP contribution in [0.3, 0.4) is 0 Å². The van der Waals surface area contributed by atoms with Crippen LogP contribution in [0.5, 0.6) is 0 Å². The zero-order valence-electron chi connectivity index (χ0n) is 7.24. The predicted octanol–water partition coefficient (Wildman–Crippen LogP) is 2.21. The van der Waals surface area contributed by atoms with E-state index < -0.39 is 11.7 Å². The molecule has 0 spiro atoms. The molecule has 0 bridgehead atoms. The van der Waals surface area contributed by atoms with Crippen molar-refractivity contribution in [2.24, 2.45) is 0 Å². The number of halogens is 4. The van der Waals surface area contributed by atoms with Crippen molar-refractivity contribution in [3.05, 3.63) is 41.4 Å². The molecule has 0 fully saturated rings. The minimum absolute atomic E-state index is 0.0881. The number of hydrogen-bond donors (Lipinski definition) is 1. The highest BCUT2D eigenvalue weighted by atomic mass is 35.5. The molecule has 0 radical (unpaired) electrons. The summed E-state index contributed by atoms with van der Waals surface area (Å²) in [5, 5.41) is 1.52. The summed E-state index contributed by atoms with van der Waals surface area (Å²) in [6.07, 6.45) is -4.36. The van der Waals surface area contributed by atoms with E-state index in [-0.39, 0.29) is 17.1 Å². The first-order valence-electron chi connectivity index (χ1n) is 3.91. The van der Waals surface area contributed by atoms with Crippen molar-refractivity contribution in [3.63, 3.8) is 0 Å². The first-order valence-corrected chi connectivity index (χ1v) is 4.29. The normalized spacial score (nSPS) is 11.8. The first-order chi connectivity index (χ1) is 6.45. The highest BCUT2D eigenvalue weighted by Gasteiger charge is 2.33. The van der Waals surface area contributed by atoms with Gasteiger partial charge in [0.2, 0.25) is 0 Å². The van der Waals surface area contributed by atoms with Gasteiger partial charge in [-0.05, 0) is 12.1 Å². The molecule has 78 valence electrons. The van der Waals surface area contributed by atoms with Gasteiger partial charge in [0.05, 0.1) is 12.1 Å². The van der Waals surface area contributed by atoms with Gasteiger partial charge < -0.3 is 5.32 Å². The first kappa shape index (κ1) is 11.3. The molecular weight excluding hydrogens is 215 g/mol. The number of rotatable bonds is 2. The van der Waals surface area contributed by atoms with Gasteiger partial charge in [0.25, 0.3) is 0 Å². The topological polar surface area (TPSA) is 16.6 Å². The molecule has 5 heteroatoms. The fraction of sp³-hybridized carbons (Fsp3) is 0.222. The second kappa shape index (κ2) is 4.19. The van der Waals surface area contributed by atoms with Crippen LogP contribution in [0, 0.1) is 7.05 Å². The Kier molecular flexibility index (Phi) is 3.39. The van der Waals surface area contributed by atoms with Crippen molar-refractivity contribution in [1.29, 1.82) is 0 Å². The highest BCUT2D eigenvalue weighted by Crippen LogP contribution is 2.33. The van der Waals surface area contributed by atoms with Crippen LogP contribution in [0.1, 0.15) is 11.1 Å². The second-order valence-corrected chi connectivity index (χ2v) is 3.23. The van der Waals surface area contributed by atoms with E-state index in [1.807, 2.05) is 0 Å². The van der Waals surface area contributed by atoms with E-state index in [1.165, 1.54) is 17.4 Å². The van der Waals surface area contributed by atoms with Gasteiger partial charge in [-0.25, -0.2) is 0 Å². The van der Waals surface area contributed by atoms with Crippen molar-refractivity contribution in [1.82, 2.24) is 0 Å². The van der Waals surface area contributed by atoms with Gasteiger partial charge in [-0.15, -0.1) is 0 Å². The van der Waals surface area contributed by atoms with Crippen LogP contribution >= 0.6 is 11.6 Å². The molecule has 0 aliphatic heterocycles. The third-order valence-electron chi connectivity index (χ3n) is 1.74. The van der Waals surface area contributed by atoms with Gasteiger partial charge in [0, 0.05) is 10.6 Å². The van der Waals surface area contributed by atoms with Crippen LogP contribution in [-0.4, -0.2) is 0 Å². The zero-order chi connectivity index (χ0) is 10.8. The lowest BCUT2D eigenvalue weighted by molar-refractivity contribution is -0.612. The Morgan fingerprint density at radius 3 is 2.50 bits per heavy atom. The molecule has 0 atom stereocenters. The summed E-state index contributed by atoms with van der Waals surface area (Å²) in [7, 11) is 3.40. The smallest absolute Gasteiger partial charge is 0.416 e. The number of alkyl halides is 3. The van der Waals surface area contributed by atoms with Crippen molar-refractivity contribution in [2.45, 2.75) is 12.7 Å². The molecule has 0 aliphatic rings. The average Bonchev–Trinajstić information content (AvgIpc) is 2.07. The summed E-state index contributed by atoms with van der Waals surface area (Å²) in [6.45, 7) is 0.187. The molecule has 0 unspecified atom stereocenters. The Morgan fingerprint density at radius 2 is 2.00 bits per heavy atom. The molecule has 1 nitrogen and oxygen atoms in total. The van der Waals surface area contributed by atoms with Crippen LogP contribution in [0.25, 0.3) is 0 Å². The Labute approximate surface area is 84.9 Å². The minimum atomic E-state index is -4.36. The summed E-state index contributed by atoms with van der Waals surface area (Å²) in [5.74, 6) is 0. The lowest BCUT2D eigenvalue weighted by Crippen LogP contribution is -2.75. The molecule has 0 amide bonds. The molecule has 0 aromatic heterocycles. The standard InChI is InChI=1S/C9H9ClF3N/c1-14-5-6-2-3-7(10)4-8(6)9(11,12)13/h2-4H,1,5,14H2. The number of benzene rings is 1. The number of quaternary nitrogens is 1. The van der Waals surface area contributed by atoms with E-state index >= 15 is 0 Å². The van der Waals surface area contributed by atoms with Crippen molar-refractivity contribution >= 4 is 11.6 Å². The van der Waals surface area contributed by atoms with E-state index in [2.05, 4.69) is 7.05 Å². The summed E-state index contributed by atoms with van der Waals surface area (Å²) >= 11 is 5.50. The van der Waals surface area contributed by atoms with Crippen molar-refractivity contribution < 1.29 is 18.5 Å². The second-order valence-electron chi connectivity index (χ2n) is 2.79. The summed E-state index contributed by atoms with van der Waals surface area (Å²) in [6, 6.07) is 3.74. The third kappa shape index (κ3) is 2.62. The molecule has 0 saturated carbocycles. The van der Waals surface area contributed by atoms with Gasteiger partial charge in [-0.2, -0.15) is 20.2 Å². The SMILES string of the molecule is [CH2-][NH2+]Cc1ccc(Cl)cc1C(F)(F)F. The summed E-state index contributed by atoms with van der Waals surface area (Å²) < 4.78 is 37.4. The highest BCUT2D eigenvalue weighted by molar-refractivity contribution is 6.30. The Hall–Kier alpha value is -0.740. The largest absolute Gasteiger partial charge is 0.475 e. The quantitative estimate of drug-likeness (QED) is 0.741. The fourth-order valence-corrected chi connectivity index (χ4v) is 1.32. The lowest BCUT2D eigenvalue weighted by Gasteiger charge is -2.12. The Balaban J connectivity index is 3.16. The molecule has 14 heavy (non-hydrogen) atoms. The molecule has 1 aromatic carbocycles. The van der Waals surface area contributed by atoms with Gasteiger partial charge in [0.1, 0.15) is 0 Å². The van der Waals surface area contributed by atoms with E-state index in [9.17, 15) is 13.2 Å². The van der Waals surface area contributed by atoms with Gasteiger partial charge in [-0.1, -0.05) is 17.7 Å². The minimum Gasteiger partial charge on any atom is -0.475 e. The maximum atomic E-state index is 12.5. The molecular formula is C9H9ClF3N. The van der Waals surface area contributed by atoms with Crippen LogP contribution in [0.2, 0.25) is 5.02 Å². The van der Waals surface area contributed by atoms with Crippen molar-refractivity contribution in [2.75, 3.05) is 0 Å². The van der Waals surface area contributed by atoms with Crippen LogP contribution < -0.4 is 5.32 Å². The van der Waals surface area contributed by atoms with Gasteiger partial charge in [0.15, 0.2) is 0 Å². The fourth-order valence-electron chi connectivity index (χ4n) is 1.15. The summed E-state index contributed by atoms with van der Waals surface area (Å²) in [5.41, 5.74) is -0.498. The van der Waals surface area contributed by atoms with Crippen LogP contribution in [0.15, 0.2) is 18.2 Å². The van der Waals surface area contributed by atoms with E-state index in [4.69, 9.17) is 11.6 Å². The molecule has 1 aromatic rings. The third-order valence-corrected chi connectivity index (χ3v) is 1.98. The van der Waals surface area contributed by atoms with Crippen molar-refractivity contribution in [3.8, 4) is 0 Å². The van der Waals surface area contributed by atoms with Gasteiger partial charge >= 0.3 is 6.18 Å². The molecule has 0 heterocycles. The monoisotopic (exact) mass is 223 g/mol. The van der Waals surface area contributed by atoms with E-state index in [1.54, 1.807) is 0 Å². The summed E-state index contributed by atoms with van der Waals surface area (Å²) in [4.78, 5) is 0. The van der Waals surface area contributed by atoms with E-state index in [0.29, 0.717) is 0 Å². The predicted molar refractivity (Wildman–Crippen MR) is 47.4 cm³/mol. The molecule has 0 saturated heterocycles. The van der Waals surface area contributed by atoms with Gasteiger partial charge in [-0.3, -0.25) is 0 Å². The molecule has 1 rings (SSSR count). The lowest BCUT2D eigenvalue weighted by atomic mass is 10.1. The number of nitrogens with two attached hydrogens (primary N) is 1. The molecule has 0 aliphatic carbocycles. The maximum absolute atomic E-state index is 12.5. The molecule has 2 N–H and O–H groups in total. The Bertz CT molecular complexity index is 322. The number of hydrogen-bond acceptors (Lipinski definition) is 0. The zero-order valence-corrected chi connectivity index (χ0v) is 7.99. The van der Waals surface area contributed by atoms with E-state index in [0.717, 1.165) is 6.07 Å². The van der Waals surface area contributed by atoms with Crippen LogP contribution in [0.4, 0.5) is 13.2 Å². The van der Waals surface area contributed by atoms with Crippen LogP contribution in [-0.2, 0) is 12.7 Å². The Morgan fingerprint density at radius 1 is 1.36 bits per heavy atom. The average molecular weight is 224 g/mol. The maximum Gasteiger partial charge on any atom is 0.416 e.